The van der Waals surface area contributed by atoms with E-state index < -0.39 is 35.8 Å². The molecule has 0 heterocycles. The Morgan fingerprint density at radius 3 is 2.57 bits per heavy atom. The van der Waals surface area contributed by atoms with Gasteiger partial charge in [0.15, 0.2) is 11.6 Å². The lowest BCUT2D eigenvalue weighted by Crippen LogP contribution is -2.07. The van der Waals surface area contributed by atoms with Crippen LogP contribution in [0.15, 0.2) is 34.8 Å². The van der Waals surface area contributed by atoms with Crippen LogP contribution in [0.2, 0.25) is 0 Å². The number of benzene rings is 2. The summed E-state index contributed by atoms with van der Waals surface area (Å²) < 4.78 is 45.2. The lowest BCUT2D eigenvalue weighted by atomic mass is 10.1. The SMILES string of the molecule is O=C(O)c1ccc(F)cc1COc1cc(Br)cc(F)c1F. The van der Waals surface area contributed by atoms with E-state index in [4.69, 9.17) is 9.84 Å². The van der Waals surface area contributed by atoms with Crippen LogP contribution in [0.25, 0.3) is 0 Å². The van der Waals surface area contributed by atoms with Crippen molar-refractivity contribution in [3.63, 3.8) is 0 Å². The zero-order valence-electron chi connectivity index (χ0n) is 10.4. The van der Waals surface area contributed by atoms with Gasteiger partial charge in [-0.3, -0.25) is 0 Å². The standard InChI is InChI=1S/C14H8BrF3O3/c15-8-4-11(17)13(18)12(5-8)21-6-7-3-9(16)1-2-10(7)14(19)20/h1-5H,6H2,(H,19,20). The van der Waals surface area contributed by atoms with Crippen molar-refractivity contribution in [2.75, 3.05) is 0 Å². The molecule has 2 aromatic rings. The maximum absolute atomic E-state index is 13.5. The third kappa shape index (κ3) is 3.55. The van der Waals surface area contributed by atoms with Crippen molar-refractivity contribution in [3.05, 3.63) is 63.4 Å². The molecule has 0 fully saturated rings. The average molecular weight is 361 g/mol. The first-order valence-corrected chi connectivity index (χ1v) is 6.47. The highest BCUT2D eigenvalue weighted by Crippen LogP contribution is 2.26. The van der Waals surface area contributed by atoms with E-state index in [1.54, 1.807) is 0 Å². The molecule has 2 aromatic carbocycles. The second kappa shape index (κ2) is 6.17. The summed E-state index contributed by atoms with van der Waals surface area (Å²) in [6, 6.07) is 5.15. The highest BCUT2D eigenvalue weighted by molar-refractivity contribution is 9.10. The van der Waals surface area contributed by atoms with Crippen LogP contribution in [-0.2, 0) is 6.61 Å². The molecule has 21 heavy (non-hydrogen) atoms. The molecule has 0 bridgehead atoms. The Morgan fingerprint density at radius 1 is 1.19 bits per heavy atom. The fraction of sp³-hybridized carbons (Fsp3) is 0.0714. The number of carboxylic acid groups (broad SMARTS) is 1. The fourth-order valence-electron chi connectivity index (χ4n) is 1.68. The highest BCUT2D eigenvalue weighted by atomic mass is 79.9. The van der Waals surface area contributed by atoms with E-state index in [9.17, 15) is 18.0 Å². The number of aromatic carboxylic acids is 1. The van der Waals surface area contributed by atoms with Crippen molar-refractivity contribution < 1.29 is 27.8 Å². The summed E-state index contributed by atoms with van der Waals surface area (Å²) >= 11 is 2.98. The van der Waals surface area contributed by atoms with E-state index in [0.29, 0.717) is 0 Å². The van der Waals surface area contributed by atoms with Crippen molar-refractivity contribution in [2.45, 2.75) is 6.61 Å². The number of halogens is 4. The summed E-state index contributed by atoms with van der Waals surface area (Å²) in [4.78, 5) is 11.0. The van der Waals surface area contributed by atoms with Crippen LogP contribution in [0.1, 0.15) is 15.9 Å². The molecule has 110 valence electrons. The highest BCUT2D eigenvalue weighted by Gasteiger charge is 2.15. The molecule has 0 aromatic heterocycles. The molecular weight excluding hydrogens is 353 g/mol. The minimum absolute atomic E-state index is 0.0160. The third-order valence-corrected chi connectivity index (χ3v) is 3.10. The Labute approximate surface area is 126 Å². The summed E-state index contributed by atoms with van der Waals surface area (Å²) in [7, 11) is 0. The zero-order valence-corrected chi connectivity index (χ0v) is 12.0. The summed E-state index contributed by atoms with van der Waals surface area (Å²) in [5, 5.41) is 8.98. The third-order valence-electron chi connectivity index (χ3n) is 2.64. The average Bonchev–Trinajstić information content (AvgIpc) is 2.40. The quantitative estimate of drug-likeness (QED) is 0.833. The molecule has 0 spiro atoms. The zero-order chi connectivity index (χ0) is 15.6. The molecule has 0 aliphatic rings. The maximum Gasteiger partial charge on any atom is 0.336 e. The van der Waals surface area contributed by atoms with Crippen molar-refractivity contribution in [1.82, 2.24) is 0 Å². The van der Waals surface area contributed by atoms with Gasteiger partial charge in [0.1, 0.15) is 12.4 Å². The Bertz CT molecular complexity index is 704. The van der Waals surface area contributed by atoms with Gasteiger partial charge in [-0.2, -0.15) is 4.39 Å². The van der Waals surface area contributed by atoms with Gasteiger partial charge < -0.3 is 9.84 Å². The van der Waals surface area contributed by atoms with Gasteiger partial charge in [-0.25, -0.2) is 13.6 Å². The van der Waals surface area contributed by atoms with Gasteiger partial charge >= 0.3 is 5.97 Å². The van der Waals surface area contributed by atoms with Gasteiger partial charge in [-0.1, -0.05) is 15.9 Å². The number of carboxylic acids is 1. The fourth-order valence-corrected chi connectivity index (χ4v) is 2.09. The molecule has 0 unspecified atom stereocenters. The van der Waals surface area contributed by atoms with E-state index in [1.165, 1.54) is 6.07 Å². The van der Waals surface area contributed by atoms with E-state index >= 15 is 0 Å². The molecular formula is C14H8BrF3O3. The molecule has 0 aliphatic carbocycles. The molecule has 2 rings (SSSR count). The predicted octanol–water partition coefficient (Wildman–Crippen LogP) is 4.14. The van der Waals surface area contributed by atoms with Crippen LogP contribution in [0.3, 0.4) is 0 Å². The molecule has 0 saturated heterocycles. The van der Waals surface area contributed by atoms with E-state index in [-0.39, 0.29) is 15.6 Å². The molecule has 0 atom stereocenters. The second-order valence-electron chi connectivity index (χ2n) is 4.10. The molecule has 0 aliphatic heterocycles. The predicted molar refractivity (Wildman–Crippen MR) is 71.7 cm³/mol. The van der Waals surface area contributed by atoms with Crippen LogP contribution in [0.5, 0.6) is 5.75 Å². The monoisotopic (exact) mass is 360 g/mol. The molecule has 7 heteroatoms. The van der Waals surface area contributed by atoms with Gasteiger partial charge in [0.2, 0.25) is 5.82 Å². The van der Waals surface area contributed by atoms with Gasteiger partial charge in [0.05, 0.1) is 5.56 Å². The summed E-state index contributed by atoms with van der Waals surface area (Å²) in [6.45, 7) is -0.411. The Balaban J connectivity index is 2.28. The lowest BCUT2D eigenvalue weighted by Gasteiger charge is -2.10. The van der Waals surface area contributed by atoms with E-state index in [2.05, 4.69) is 15.9 Å². The van der Waals surface area contributed by atoms with Crippen LogP contribution >= 0.6 is 15.9 Å². The van der Waals surface area contributed by atoms with Crippen LogP contribution in [0, 0.1) is 17.5 Å². The minimum atomic E-state index is -1.27. The van der Waals surface area contributed by atoms with Gasteiger partial charge in [-0.15, -0.1) is 0 Å². The van der Waals surface area contributed by atoms with Gasteiger partial charge in [0, 0.05) is 10.0 Å². The molecule has 0 amide bonds. The Kier molecular flexibility index (Phi) is 4.52. The van der Waals surface area contributed by atoms with Crippen molar-refractivity contribution in [3.8, 4) is 5.75 Å². The largest absolute Gasteiger partial charge is 0.486 e. The smallest absolute Gasteiger partial charge is 0.336 e. The van der Waals surface area contributed by atoms with Crippen LogP contribution < -0.4 is 4.74 Å². The van der Waals surface area contributed by atoms with Crippen molar-refractivity contribution >= 4 is 21.9 Å². The molecule has 3 nitrogen and oxygen atoms in total. The minimum Gasteiger partial charge on any atom is -0.486 e. The Hall–Kier alpha value is -2.02. The summed E-state index contributed by atoms with van der Waals surface area (Å²) in [5.41, 5.74) is -0.158. The maximum atomic E-state index is 13.5. The molecule has 1 N–H and O–H groups in total. The first kappa shape index (κ1) is 15.4. The van der Waals surface area contributed by atoms with Gasteiger partial charge in [-0.05, 0) is 30.3 Å². The number of ether oxygens (including phenoxy) is 1. The van der Waals surface area contributed by atoms with Crippen molar-refractivity contribution in [2.24, 2.45) is 0 Å². The summed E-state index contributed by atoms with van der Waals surface area (Å²) in [5.74, 6) is -4.64. The number of hydrogen-bond acceptors (Lipinski definition) is 2. The van der Waals surface area contributed by atoms with E-state index in [1.807, 2.05) is 0 Å². The number of hydrogen-bond donors (Lipinski definition) is 1. The number of rotatable bonds is 4. The van der Waals surface area contributed by atoms with E-state index in [0.717, 1.165) is 24.3 Å². The Morgan fingerprint density at radius 2 is 1.90 bits per heavy atom. The van der Waals surface area contributed by atoms with Crippen molar-refractivity contribution in [1.29, 1.82) is 0 Å². The van der Waals surface area contributed by atoms with Gasteiger partial charge in [0.25, 0.3) is 0 Å². The summed E-state index contributed by atoms with van der Waals surface area (Å²) in [6.07, 6.45) is 0. The topological polar surface area (TPSA) is 46.5 Å². The first-order valence-electron chi connectivity index (χ1n) is 5.67. The van der Waals surface area contributed by atoms with Crippen LogP contribution in [-0.4, -0.2) is 11.1 Å². The van der Waals surface area contributed by atoms with Crippen LogP contribution in [0.4, 0.5) is 13.2 Å². The second-order valence-corrected chi connectivity index (χ2v) is 5.01. The lowest BCUT2D eigenvalue weighted by molar-refractivity contribution is 0.0694. The number of carbonyl (C=O) groups is 1. The molecule has 0 saturated carbocycles. The molecule has 0 radical (unpaired) electrons. The normalized spacial score (nSPS) is 10.5. The first-order chi connectivity index (χ1) is 9.88.